The highest BCUT2D eigenvalue weighted by molar-refractivity contribution is 7.91. The van der Waals surface area contributed by atoms with Crippen LogP contribution in [0.5, 0.6) is 0 Å². The first kappa shape index (κ1) is 22.7. The zero-order valence-corrected chi connectivity index (χ0v) is 16.7. The Morgan fingerprint density at radius 3 is 2.60 bits per heavy atom. The zero-order chi connectivity index (χ0) is 16.3. The van der Waals surface area contributed by atoms with Gasteiger partial charge < -0.3 is 15.3 Å². The maximum atomic E-state index is 12.4. The summed E-state index contributed by atoms with van der Waals surface area (Å²) in [6.45, 7) is 3.45. The fourth-order valence-electron chi connectivity index (χ4n) is 3.86. The van der Waals surface area contributed by atoms with Gasteiger partial charge in [0, 0.05) is 24.5 Å². The number of nitrogens with zero attached hydrogens (tertiary/aromatic N) is 1. The quantitative estimate of drug-likeness (QED) is 0.773. The molecule has 1 aromatic rings. The number of halogens is 2. The van der Waals surface area contributed by atoms with E-state index in [0.29, 0.717) is 11.4 Å². The van der Waals surface area contributed by atoms with E-state index in [0.717, 1.165) is 38.9 Å². The highest BCUT2D eigenvalue weighted by Gasteiger charge is 2.43. The van der Waals surface area contributed by atoms with Crippen molar-refractivity contribution in [3.63, 3.8) is 0 Å². The maximum Gasteiger partial charge on any atom is 0.179 e. The topological polar surface area (TPSA) is 69.6 Å². The van der Waals surface area contributed by atoms with Gasteiger partial charge in [0.2, 0.25) is 0 Å². The van der Waals surface area contributed by atoms with Crippen LogP contribution in [0.3, 0.4) is 0 Å². The summed E-state index contributed by atoms with van der Waals surface area (Å²) in [4.78, 5) is 2.62. The Balaban J connectivity index is 0.00000156. The second kappa shape index (κ2) is 9.53. The number of sulfone groups is 1. The van der Waals surface area contributed by atoms with E-state index in [1.54, 1.807) is 24.3 Å². The molecule has 2 heterocycles. The molecular formula is C17H28Cl2N2O3S. The molecule has 0 aromatic heterocycles. The molecule has 2 aliphatic rings. The second-order valence-electron chi connectivity index (χ2n) is 6.81. The average molecular weight is 411 g/mol. The number of benzene rings is 1. The molecule has 2 atom stereocenters. The van der Waals surface area contributed by atoms with E-state index >= 15 is 0 Å². The lowest BCUT2D eigenvalue weighted by Gasteiger charge is -2.50. The van der Waals surface area contributed by atoms with Crippen molar-refractivity contribution < 1.29 is 13.5 Å². The number of hydrogen-bond acceptors (Lipinski definition) is 5. The number of hydrogen-bond donors (Lipinski definition) is 2. The van der Waals surface area contributed by atoms with Gasteiger partial charge >= 0.3 is 0 Å². The van der Waals surface area contributed by atoms with Crippen molar-refractivity contribution in [3.05, 3.63) is 30.3 Å². The standard InChI is InChI=1S/C17H26N2O3S.2ClH/c20-14-17-7-4-9-18-16(17)13-19(10-8-17)11-12-23(21,22)15-5-2-1-3-6-15;;/h1-3,5-6,16,18,20H,4,7-14H2;2*1H/t16-,17-;;/m1../s1. The lowest BCUT2D eigenvalue weighted by Crippen LogP contribution is -2.61. The van der Waals surface area contributed by atoms with Crippen LogP contribution in [0, 0.1) is 5.41 Å². The first-order valence-corrected chi connectivity index (χ1v) is 10.1. The third kappa shape index (κ3) is 5.08. The lowest BCUT2D eigenvalue weighted by molar-refractivity contribution is -0.0111. The summed E-state index contributed by atoms with van der Waals surface area (Å²) in [6.07, 6.45) is 3.11. The molecule has 1 aromatic carbocycles. The van der Waals surface area contributed by atoms with Gasteiger partial charge in [-0.3, -0.25) is 0 Å². The predicted molar refractivity (Wildman–Crippen MR) is 105 cm³/mol. The van der Waals surface area contributed by atoms with Crippen LogP contribution < -0.4 is 5.32 Å². The molecule has 2 N–H and O–H groups in total. The molecule has 0 spiro atoms. The van der Waals surface area contributed by atoms with Crippen LogP contribution in [0.15, 0.2) is 35.2 Å². The summed E-state index contributed by atoms with van der Waals surface area (Å²) < 4.78 is 24.8. The van der Waals surface area contributed by atoms with Gasteiger partial charge in [0.05, 0.1) is 17.3 Å². The molecule has 0 radical (unpaired) electrons. The van der Waals surface area contributed by atoms with Crippen LogP contribution in [0.1, 0.15) is 19.3 Å². The molecule has 2 saturated heterocycles. The Kier molecular flexibility index (Phi) is 8.64. The SMILES string of the molecule is Cl.Cl.O=S(=O)(CCN1CC[C@@]2(CO)CCCN[C@@H]2C1)c1ccccc1. The number of nitrogens with one attached hydrogen (secondary N) is 1. The van der Waals surface area contributed by atoms with Gasteiger partial charge in [-0.1, -0.05) is 18.2 Å². The molecular weight excluding hydrogens is 383 g/mol. The summed E-state index contributed by atoms with van der Waals surface area (Å²) in [5.41, 5.74) is -0.00689. The number of piperidine rings is 2. The number of aliphatic hydroxyl groups is 1. The molecule has 0 aliphatic carbocycles. The van der Waals surface area contributed by atoms with Crippen molar-refractivity contribution in [2.45, 2.75) is 30.2 Å². The first-order valence-electron chi connectivity index (χ1n) is 8.40. The van der Waals surface area contributed by atoms with E-state index in [4.69, 9.17) is 0 Å². The number of likely N-dealkylation sites (tertiary alicyclic amines) is 1. The first-order chi connectivity index (χ1) is 11.1. The van der Waals surface area contributed by atoms with Crippen molar-refractivity contribution >= 4 is 34.7 Å². The molecule has 0 amide bonds. The lowest BCUT2D eigenvalue weighted by atomic mass is 9.70. The minimum atomic E-state index is -3.22. The number of aliphatic hydroxyl groups excluding tert-OH is 1. The fourth-order valence-corrected chi connectivity index (χ4v) is 5.17. The third-order valence-corrected chi connectivity index (χ3v) is 7.15. The van der Waals surface area contributed by atoms with Gasteiger partial charge in [-0.25, -0.2) is 8.42 Å². The number of fused-ring (bicyclic) bond motifs is 1. The molecule has 25 heavy (non-hydrogen) atoms. The molecule has 8 heteroatoms. The van der Waals surface area contributed by atoms with E-state index in [9.17, 15) is 13.5 Å². The summed E-state index contributed by atoms with van der Waals surface area (Å²) in [5.74, 6) is 0.149. The Morgan fingerprint density at radius 1 is 1.20 bits per heavy atom. The Labute approximate surface area is 162 Å². The van der Waals surface area contributed by atoms with Gasteiger partial charge in [0.25, 0.3) is 0 Å². The third-order valence-electron chi connectivity index (χ3n) is 5.44. The Bertz CT molecular complexity index is 630. The molecule has 3 rings (SSSR count). The molecule has 0 bridgehead atoms. The second-order valence-corrected chi connectivity index (χ2v) is 8.92. The van der Waals surface area contributed by atoms with E-state index in [-0.39, 0.29) is 48.6 Å². The average Bonchev–Trinajstić information content (AvgIpc) is 2.60. The van der Waals surface area contributed by atoms with Crippen molar-refractivity contribution in [2.24, 2.45) is 5.41 Å². The van der Waals surface area contributed by atoms with Gasteiger partial charge in [-0.15, -0.1) is 24.8 Å². The van der Waals surface area contributed by atoms with Crippen LogP contribution in [-0.2, 0) is 9.84 Å². The predicted octanol–water partition coefficient (Wildman–Crippen LogP) is 1.74. The van der Waals surface area contributed by atoms with Gasteiger partial charge in [-0.05, 0) is 44.5 Å². The molecule has 5 nitrogen and oxygen atoms in total. The van der Waals surface area contributed by atoms with Gasteiger partial charge in [0.15, 0.2) is 9.84 Å². The Hall–Kier alpha value is -0.370. The normalized spacial score (nSPS) is 26.8. The van der Waals surface area contributed by atoms with Gasteiger partial charge in [0.1, 0.15) is 0 Å². The van der Waals surface area contributed by atoms with Crippen molar-refractivity contribution in [3.8, 4) is 0 Å². The monoisotopic (exact) mass is 410 g/mol. The van der Waals surface area contributed by atoms with E-state index in [2.05, 4.69) is 10.2 Å². The van der Waals surface area contributed by atoms with Crippen molar-refractivity contribution in [1.82, 2.24) is 10.2 Å². The van der Waals surface area contributed by atoms with Crippen molar-refractivity contribution in [2.75, 3.05) is 38.5 Å². The van der Waals surface area contributed by atoms with Crippen LogP contribution >= 0.6 is 24.8 Å². The molecule has 0 unspecified atom stereocenters. The van der Waals surface area contributed by atoms with Crippen LogP contribution in [-0.4, -0.2) is 63.0 Å². The summed E-state index contributed by atoms with van der Waals surface area (Å²) in [6, 6.07) is 8.93. The largest absolute Gasteiger partial charge is 0.396 e. The van der Waals surface area contributed by atoms with E-state index in [1.807, 2.05) is 6.07 Å². The van der Waals surface area contributed by atoms with E-state index in [1.165, 1.54) is 0 Å². The fraction of sp³-hybridized carbons (Fsp3) is 0.647. The summed E-state index contributed by atoms with van der Waals surface area (Å²) in [7, 11) is -3.22. The Morgan fingerprint density at radius 2 is 1.92 bits per heavy atom. The molecule has 144 valence electrons. The maximum absolute atomic E-state index is 12.4. The molecule has 0 saturated carbocycles. The molecule has 2 aliphatic heterocycles. The minimum absolute atomic E-state index is 0. The van der Waals surface area contributed by atoms with Crippen molar-refractivity contribution in [1.29, 1.82) is 0 Å². The van der Waals surface area contributed by atoms with E-state index < -0.39 is 9.84 Å². The minimum Gasteiger partial charge on any atom is -0.396 e. The number of rotatable bonds is 5. The summed E-state index contributed by atoms with van der Waals surface area (Å²) in [5, 5.41) is 13.3. The summed E-state index contributed by atoms with van der Waals surface area (Å²) >= 11 is 0. The van der Waals surface area contributed by atoms with Crippen LogP contribution in [0.25, 0.3) is 0 Å². The van der Waals surface area contributed by atoms with Crippen LogP contribution in [0.4, 0.5) is 0 Å². The smallest absolute Gasteiger partial charge is 0.179 e. The molecule has 2 fully saturated rings. The van der Waals surface area contributed by atoms with Crippen LogP contribution in [0.2, 0.25) is 0 Å². The van der Waals surface area contributed by atoms with Gasteiger partial charge in [-0.2, -0.15) is 0 Å². The highest BCUT2D eigenvalue weighted by Crippen LogP contribution is 2.38. The highest BCUT2D eigenvalue weighted by atomic mass is 35.5. The zero-order valence-electron chi connectivity index (χ0n) is 14.3.